The van der Waals surface area contributed by atoms with Crippen molar-refractivity contribution in [2.75, 3.05) is 20.2 Å². The fraction of sp³-hybridized carbons (Fsp3) is 0.533. The molecule has 0 saturated heterocycles. The summed E-state index contributed by atoms with van der Waals surface area (Å²) in [6.07, 6.45) is -10.0. The van der Waals surface area contributed by atoms with Crippen LogP contribution in [-0.4, -0.2) is 32.3 Å². The Balaban J connectivity index is 2.91. The van der Waals surface area contributed by atoms with Crippen LogP contribution in [-0.2, 0) is 12.7 Å². The zero-order valence-electron chi connectivity index (χ0n) is 13.7. The second-order valence-electron chi connectivity index (χ2n) is 5.01. The summed E-state index contributed by atoms with van der Waals surface area (Å²) in [5.41, 5.74) is -1.01. The van der Waals surface area contributed by atoms with Gasteiger partial charge in [-0.15, -0.1) is 0 Å². The Morgan fingerprint density at radius 3 is 2.32 bits per heavy atom. The smallest absolute Gasteiger partial charge is 0.416 e. The molecule has 142 valence electrons. The van der Waals surface area contributed by atoms with Crippen LogP contribution >= 0.6 is 0 Å². The number of ether oxygens (including phenoxy) is 1. The SMILES string of the molecule is CCNC(=NCc1ccc(OC)cc1C(F)(F)F)NCCC(F)(F)F. The lowest BCUT2D eigenvalue weighted by Crippen LogP contribution is -2.38. The van der Waals surface area contributed by atoms with Crippen LogP contribution in [0.4, 0.5) is 26.3 Å². The van der Waals surface area contributed by atoms with Crippen LogP contribution in [0.1, 0.15) is 24.5 Å². The summed E-state index contributed by atoms with van der Waals surface area (Å²) in [5.74, 6) is 0.0611. The van der Waals surface area contributed by atoms with E-state index in [1.807, 2.05) is 0 Å². The molecule has 1 aromatic carbocycles. The first-order valence-corrected chi connectivity index (χ1v) is 7.40. The van der Waals surface area contributed by atoms with E-state index in [1.54, 1.807) is 6.92 Å². The van der Waals surface area contributed by atoms with E-state index in [1.165, 1.54) is 19.2 Å². The van der Waals surface area contributed by atoms with Gasteiger partial charge in [0, 0.05) is 13.1 Å². The van der Waals surface area contributed by atoms with Crippen LogP contribution in [0.3, 0.4) is 0 Å². The molecule has 0 radical (unpaired) electrons. The molecule has 0 aliphatic carbocycles. The van der Waals surface area contributed by atoms with Crippen molar-refractivity contribution in [1.82, 2.24) is 10.6 Å². The van der Waals surface area contributed by atoms with Gasteiger partial charge in [-0.2, -0.15) is 26.3 Å². The van der Waals surface area contributed by atoms with E-state index >= 15 is 0 Å². The molecule has 1 aromatic rings. The van der Waals surface area contributed by atoms with Crippen LogP contribution in [0.5, 0.6) is 5.75 Å². The van der Waals surface area contributed by atoms with Gasteiger partial charge in [-0.1, -0.05) is 6.07 Å². The second kappa shape index (κ2) is 8.82. The number of benzene rings is 1. The van der Waals surface area contributed by atoms with Gasteiger partial charge in [-0.25, -0.2) is 4.99 Å². The second-order valence-corrected chi connectivity index (χ2v) is 5.01. The minimum atomic E-state index is -4.60. The first-order valence-electron chi connectivity index (χ1n) is 7.40. The van der Waals surface area contributed by atoms with E-state index in [0.29, 0.717) is 6.54 Å². The van der Waals surface area contributed by atoms with Gasteiger partial charge >= 0.3 is 12.4 Å². The molecule has 0 heterocycles. The van der Waals surface area contributed by atoms with Crippen molar-refractivity contribution >= 4 is 5.96 Å². The van der Waals surface area contributed by atoms with Gasteiger partial charge in [0.2, 0.25) is 0 Å². The maximum atomic E-state index is 13.1. The average Bonchev–Trinajstić information content (AvgIpc) is 2.50. The number of methoxy groups -OCH3 is 1. The number of halogens is 6. The molecule has 10 heteroatoms. The Morgan fingerprint density at radius 2 is 1.80 bits per heavy atom. The molecule has 25 heavy (non-hydrogen) atoms. The lowest BCUT2D eigenvalue weighted by atomic mass is 10.1. The van der Waals surface area contributed by atoms with Crippen LogP contribution < -0.4 is 15.4 Å². The molecule has 0 aliphatic heterocycles. The van der Waals surface area contributed by atoms with Crippen molar-refractivity contribution in [2.24, 2.45) is 4.99 Å². The summed E-state index contributed by atoms with van der Waals surface area (Å²) in [6, 6.07) is 3.45. The Bertz CT molecular complexity index is 584. The van der Waals surface area contributed by atoms with Crippen molar-refractivity contribution in [2.45, 2.75) is 32.2 Å². The number of alkyl halides is 6. The van der Waals surface area contributed by atoms with Gasteiger partial charge < -0.3 is 15.4 Å². The van der Waals surface area contributed by atoms with Crippen LogP contribution in [0.25, 0.3) is 0 Å². The normalized spacial score (nSPS) is 12.9. The standard InChI is InChI=1S/C15H19F6N3O/c1-3-22-13(23-7-6-14(16,17)18)24-9-10-4-5-11(25-2)8-12(10)15(19,20)21/h4-5,8H,3,6-7,9H2,1-2H3,(H2,22,23,24). The van der Waals surface area contributed by atoms with Gasteiger partial charge in [0.1, 0.15) is 5.75 Å². The molecule has 0 aromatic heterocycles. The van der Waals surface area contributed by atoms with Crippen LogP contribution in [0.15, 0.2) is 23.2 Å². The van der Waals surface area contributed by atoms with Gasteiger partial charge in [-0.3, -0.25) is 0 Å². The number of hydrogen-bond acceptors (Lipinski definition) is 2. The number of guanidine groups is 1. The van der Waals surface area contributed by atoms with Crippen molar-refractivity contribution < 1.29 is 31.1 Å². The molecule has 4 nitrogen and oxygen atoms in total. The van der Waals surface area contributed by atoms with Crippen molar-refractivity contribution in [3.63, 3.8) is 0 Å². The summed E-state index contributed by atoms with van der Waals surface area (Å²) in [6.45, 7) is 1.27. The van der Waals surface area contributed by atoms with E-state index in [9.17, 15) is 26.3 Å². The highest BCUT2D eigenvalue weighted by Gasteiger charge is 2.33. The van der Waals surface area contributed by atoms with Crippen molar-refractivity contribution in [3.8, 4) is 5.75 Å². The lowest BCUT2D eigenvalue weighted by molar-refractivity contribution is -0.138. The minimum Gasteiger partial charge on any atom is -0.497 e. The summed E-state index contributed by atoms with van der Waals surface area (Å²) in [5, 5.41) is 5.13. The molecular formula is C15H19F6N3O. The first kappa shape index (κ1) is 20.9. The highest BCUT2D eigenvalue weighted by Crippen LogP contribution is 2.34. The number of nitrogens with zero attached hydrogens (tertiary/aromatic N) is 1. The highest BCUT2D eigenvalue weighted by molar-refractivity contribution is 5.79. The Hall–Kier alpha value is -2.13. The van der Waals surface area contributed by atoms with Crippen molar-refractivity contribution in [3.05, 3.63) is 29.3 Å². The molecule has 0 bridgehead atoms. The number of aliphatic imine (C=N–C) groups is 1. The quantitative estimate of drug-likeness (QED) is 0.455. The number of rotatable bonds is 6. The average molecular weight is 371 g/mol. The molecule has 2 N–H and O–H groups in total. The zero-order chi connectivity index (χ0) is 19.1. The molecular weight excluding hydrogens is 352 g/mol. The Labute approximate surface area is 141 Å². The van der Waals surface area contributed by atoms with Gasteiger partial charge in [-0.05, 0) is 24.6 Å². The maximum Gasteiger partial charge on any atom is 0.416 e. The Morgan fingerprint density at radius 1 is 1.12 bits per heavy atom. The van der Waals surface area contributed by atoms with Gasteiger partial charge in [0.05, 0.1) is 25.6 Å². The van der Waals surface area contributed by atoms with E-state index in [-0.39, 0.29) is 23.8 Å². The van der Waals surface area contributed by atoms with Crippen LogP contribution in [0.2, 0.25) is 0 Å². The summed E-state index contributed by atoms with van der Waals surface area (Å²) < 4.78 is 80.6. The first-order chi connectivity index (χ1) is 11.6. The number of hydrogen-bond donors (Lipinski definition) is 2. The highest BCUT2D eigenvalue weighted by atomic mass is 19.4. The predicted molar refractivity (Wildman–Crippen MR) is 81.5 cm³/mol. The Kier molecular flexibility index (Phi) is 7.38. The van der Waals surface area contributed by atoms with E-state index in [0.717, 1.165) is 6.07 Å². The monoisotopic (exact) mass is 371 g/mol. The van der Waals surface area contributed by atoms with E-state index in [2.05, 4.69) is 15.6 Å². The largest absolute Gasteiger partial charge is 0.497 e. The fourth-order valence-electron chi connectivity index (χ4n) is 1.91. The molecule has 0 unspecified atom stereocenters. The molecule has 0 fully saturated rings. The molecule has 1 rings (SSSR count). The van der Waals surface area contributed by atoms with E-state index in [4.69, 9.17) is 4.74 Å². The molecule has 0 spiro atoms. The third kappa shape index (κ3) is 7.53. The summed E-state index contributed by atoms with van der Waals surface area (Å²) in [4.78, 5) is 3.92. The molecule has 0 atom stereocenters. The van der Waals surface area contributed by atoms with Crippen LogP contribution in [0, 0.1) is 0 Å². The summed E-state index contributed by atoms with van der Waals surface area (Å²) in [7, 11) is 1.25. The predicted octanol–water partition coefficient (Wildman–Crippen LogP) is 3.72. The van der Waals surface area contributed by atoms with Crippen molar-refractivity contribution in [1.29, 1.82) is 0 Å². The zero-order valence-corrected chi connectivity index (χ0v) is 13.7. The molecule has 0 amide bonds. The van der Waals surface area contributed by atoms with Gasteiger partial charge in [0.15, 0.2) is 5.96 Å². The molecule has 0 aliphatic rings. The molecule has 0 saturated carbocycles. The van der Waals surface area contributed by atoms with Gasteiger partial charge in [0.25, 0.3) is 0 Å². The number of nitrogens with one attached hydrogen (secondary N) is 2. The summed E-state index contributed by atoms with van der Waals surface area (Å²) >= 11 is 0. The third-order valence-corrected chi connectivity index (χ3v) is 3.08. The minimum absolute atomic E-state index is 0.00990. The lowest BCUT2D eigenvalue weighted by Gasteiger charge is -2.15. The van der Waals surface area contributed by atoms with E-state index < -0.39 is 30.9 Å². The third-order valence-electron chi connectivity index (χ3n) is 3.08. The fourth-order valence-corrected chi connectivity index (χ4v) is 1.91. The maximum absolute atomic E-state index is 13.1. The topological polar surface area (TPSA) is 45.7 Å².